The summed E-state index contributed by atoms with van der Waals surface area (Å²) in [5.74, 6) is 1.22. The molecule has 0 spiro atoms. The molecule has 1 aliphatic carbocycles. The van der Waals surface area contributed by atoms with E-state index in [2.05, 4.69) is 30.8 Å². The second-order valence-corrected chi connectivity index (χ2v) is 5.72. The number of aromatic nitrogens is 4. The van der Waals surface area contributed by atoms with Crippen LogP contribution >= 0.6 is 0 Å². The molecule has 1 fully saturated rings. The van der Waals surface area contributed by atoms with E-state index < -0.39 is 0 Å². The Hall–Kier alpha value is -2.18. The predicted octanol–water partition coefficient (Wildman–Crippen LogP) is 2.01. The fourth-order valence-corrected chi connectivity index (χ4v) is 2.96. The molecular formula is C14H20N6O. The first-order valence-corrected chi connectivity index (χ1v) is 7.44. The summed E-state index contributed by atoms with van der Waals surface area (Å²) in [4.78, 5) is 27.3. The van der Waals surface area contributed by atoms with E-state index in [9.17, 15) is 4.79 Å². The Balaban J connectivity index is 1.56. The fraction of sp³-hybridized carbons (Fsp3) is 0.571. The molecule has 7 nitrogen and oxygen atoms in total. The number of hydrazine groups is 1. The quantitative estimate of drug-likeness (QED) is 0.731. The van der Waals surface area contributed by atoms with Crippen molar-refractivity contribution in [2.75, 3.05) is 5.43 Å². The van der Waals surface area contributed by atoms with E-state index in [0.29, 0.717) is 22.9 Å². The number of hydrogen-bond acceptors (Lipinski definition) is 5. The van der Waals surface area contributed by atoms with Crippen molar-refractivity contribution in [3.05, 3.63) is 12.7 Å². The van der Waals surface area contributed by atoms with Crippen LogP contribution in [0.15, 0.2) is 12.7 Å². The van der Waals surface area contributed by atoms with Crippen LogP contribution in [-0.2, 0) is 4.79 Å². The molecule has 0 radical (unpaired) electrons. The number of amides is 1. The van der Waals surface area contributed by atoms with Crippen LogP contribution in [0.3, 0.4) is 0 Å². The Morgan fingerprint density at radius 2 is 2.19 bits per heavy atom. The molecule has 1 amide bonds. The summed E-state index contributed by atoms with van der Waals surface area (Å²) in [6.07, 6.45) is 9.04. The van der Waals surface area contributed by atoms with Gasteiger partial charge in [0.25, 0.3) is 0 Å². The summed E-state index contributed by atoms with van der Waals surface area (Å²) in [6.45, 7) is 1.97. The lowest BCUT2D eigenvalue weighted by molar-refractivity contribution is -0.124. The van der Waals surface area contributed by atoms with E-state index >= 15 is 0 Å². The second-order valence-electron chi connectivity index (χ2n) is 5.72. The van der Waals surface area contributed by atoms with Crippen molar-refractivity contribution < 1.29 is 4.79 Å². The molecule has 1 atom stereocenters. The number of imidazole rings is 1. The Kier molecular flexibility index (Phi) is 3.98. The first kappa shape index (κ1) is 13.8. The third kappa shape index (κ3) is 3.12. The van der Waals surface area contributed by atoms with Crippen molar-refractivity contribution in [3.63, 3.8) is 0 Å². The van der Waals surface area contributed by atoms with Gasteiger partial charge < -0.3 is 4.98 Å². The third-order valence-corrected chi connectivity index (χ3v) is 4.14. The van der Waals surface area contributed by atoms with Gasteiger partial charge in [0.05, 0.1) is 6.33 Å². The van der Waals surface area contributed by atoms with E-state index in [-0.39, 0.29) is 11.8 Å². The number of anilines is 1. The van der Waals surface area contributed by atoms with Crippen LogP contribution < -0.4 is 10.9 Å². The summed E-state index contributed by atoms with van der Waals surface area (Å²) < 4.78 is 0. The third-order valence-electron chi connectivity index (χ3n) is 4.14. The molecule has 1 aliphatic rings. The average molecular weight is 288 g/mol. The zero-order chi connectivity index (χ0) is 14.7. The predicted molar refractivity (Wildman–Crippen MR) is 79.2 cm³/mol. The second kappa shape index (κ2) is 6.07. The monoisotopic (exact) mass is 288 g/mol. The highest BCUT2D eigenvalue weighted by atomic mass is 16.2. The Morgan fingerprint density at radius 1 is 1.38 bits per heavy atom. The molecule has 1 saturated carbocycles. The van der Waals surface area contributed by atoms with Gasteiger partial charge in [-0.2, -0.15) is 0 Å². The summed E-state index contributed by atoms with van der Waals surface area (Å²) >= 11 is 0. The molecular weight excluding hydrogens is 268 g/mol. The Labute approximate surface area is 122 Å². The molecule has 0 unspecified atom stereocenters. The van der Waals surface area contributed by atoms with Gasteiger partial charge in [0.15, 0.2) is 11.5 Å². The first-order chi connectivity index (χ1) is 10.2. The number of aromatic amines is 1. The molecule has 2 aromatic rings. The van der Waals surface area contributed by atoms with Gasteiger partial charge in [0.1, 0.15) is 11.8 Å². The van der Waals surface area contributed by atoms with Gasteiger partial charge in [-0.25, -0.2) is 15.0 Å². The molecule has 3 N–H and O–H groups in total. The molecule has 0 saturated heterocycles. The summed E-state index contributed by atoms with van der Waals surface area (Å²) in [6, 6.07) is 0. The first-order valence-electron chi connectivity index (χ1n) is 7.44. The van der Waals surface area contributed by atoms with Crippen LogP contribution in [0, 0.1) is 11.8 Å². The molecule has 3 rings (SSSR count). The van der Waals surface area contributed by atoms with E-state index in [4.69, 9.17) is 0 Å². The van der Waals surface area contributed by atoms with Gasteiger partial charge >= 0.3 is 0 Å². The van der Waals surface area contributed by atoms with E-state index in [1.807, 2.05) is 6.92 Å². The van der Waals surface area contributed by atoms with Crippen LogP contribution in [0.5, 0.6) is 0 Å². The van der Waals surface area contributed by atoms with Crippen LogP contribution in [-0.4, -0.2) is 25.8 Å². The Bertz CT molecular complexity index is 619. The minimum absolute atomic E-state index is 0.000283. The maximum absolute atomic E-state index is 12.1. The van der Waals surface area contributed by atoms with Crippen LogP contribution in [0.4, 0.5) is 5.82 Å². The number of carbonyl (C=O) groups is 1. The van der Waals surface area contributed by atoms with Gasteiger partial charge in [-0.15, -0.1) is 0 Å². The minimum atomic E-state index is -0.00632. The molecule has 0 bridgehead atoms. The Morgan fingerprint density at radius 3 is 3.00 bits per heavy atom. The standard InChI is InChI=1S/C14H20N6O/c1-9(6-10-4-2-3-5-10)14(21)20-19-13-11-12(16-7-15-11)17-8-18-13/h7-10H,2-6H2,1H3,(H,20,21)(H2,15,16,17,18,19)/t9-/m0/s1. The number of hydrogen-bond donors (Lipinski definition) is 3. The van der Waals surface area contributed by atoms with Crippen molar-refractivity contribution in [1.82, 2.24) is 25.4 Å². The molecule has 112 valence electrons. The number of rotatable bonds is 5. The van der Waals surface area contributed by atoms with Crippen LogP contribution in [0.1, 0.15) is 39.0 Å². The van der Waals surface area contributed by atoms with Crippen molar-refractivity contribution in [1.29, 1.82) is 0 Å². The largest absolute Gasteiger partial charge is 0.340 e. The fourth-order valence-electron chi connectivity index (χ4n) is 2.96. The number of fused-ring (bicyclic) bond motifs is 1. The van der Waals surface area contributed by atoms with Gasteiger partial charge in [0, 0.05) is 5.92 Å². The van der Waals surface area contributed by atoms with E-state index in [1.165, 1.54) is 32.0 Å². The maximum atomic E-state index is 12.1. The summed E-state index contributed by atoms with van der Waals surface area (Å²) in [5, 5.41) is 0. The number of nitrogens with one attached hydrogen (secondary N) is 3. The van der Waals surface area contributed by atoms with Gasteiger partial charge in [-0.1, -0.05) is 32.6 Å². The lowest BCUT2D eigenvalue weighted by atomic mass is 9.94. The van der Waals surface area contributed by atoms with Crippen molar-refractivity contribution in [2.24, 2.45) is 11.8 Å². The number of carbonyl (C=O) groups excluding carboxylic acids is 1. The van der Waals surface area contributed by atoms with Crippen molar-refractivity contribution >= 4 is 22.9 Å². The smallest absolute Gasteiger partial charge is 0.241 e. The molecule has 21 heavy (non-hydrogen) atoms. The topological polar surface area (TPSA) is 95.6 Å². The van der Waals surface area contributed by atoms with Crippen molar-refractivity contribution in [3.8, 4) is 0 Å². The van der Waals surface area contributed by atoms with E-state index in [0.717, 1.165) is 6.42 Å². The minimum Gasteiger partial charge on any atom is -0.340 e. The average Bonchev–Trinajstić information content (AvgIpc) is 3.15. The molecule has 2 aromatic heterocycles. The van der Waals surface area contributed by atoms with Crippen LogP contribution in [0.2, 0.25) is 0 Å². The molecule has 2 heterocycles. The zero-order valence-electron chi connectivity index (χ0n) is 12.1. The highest BCUT2D eigenvalue weighted by molar-refractivity contribution is 5.84. The number of nitrogens with zero attached hydrogens (tertiary/aromatic N) is 3. The highest BCUT2D eigenvalue weighted by Crippen LogP contribution is 2.30. The highest BCUT2D eigenvalue weighted by Gasteiger charge is 2.22. The van der Waals surface area contributed by atoms with Crippen molar-refractivity contribution in [2.45, 2.75) is 39.0 Å². The lowest BCUT2D eigenvalue weighted by Gasteiger charge is -2.16. The summed E-state index contributed by atoms with van der Waals surface area (Å²) in [5.41, 5.74) is 6.84. The van der Waals surface area contributed by atoms with Gasteiger partial charge in [-0.3, -0.25) is 15.6 Å². The molecule has 0 aromatic carbocycles. The lowest BCUT2D eigenvalue weighted by Crippen LogP contribution is -2.35. The van der Waals surface area contributed by atoms with Gasteiger partial charge in [-0.05, 0) is 12.3 Å². The van der Waals surface area contributed by atoms with Crippen LogP contribution in [0.25, 0.3) is 11.2 Å². The SMILES string of the molecule is C[C@@H](CC1CCCC1)C(=O)NNc1ncnc2nc[nH]c12. The molecule has 0 aliphatic heterocycles. The number of H-pyrrole nitrogens is 1. The van der Waals surface area contributed by atoms with Gasteiger partial charge in [0.2, 0.25) is 5.91 Å². The maximum Gasteiger partial charge on any atom is 0.241 e. The van der Waals surface area contributed by atoms with E-state index in [1.54, 1.807) is 6.33 Å². The molecule has 7 heteroatoms. The zero-order valence-corrected chi connectivity index (χ0v) is 12.1. The normalized spacial score (nSPS) is 17.0. The summed E-state index contributed by atoms with van der Waals surface area (Å²) in [7, 11) is 0.